The van der Waals surface area contributed by atoms with Gasteiger partial charge in [0.05, 0.1) is 12.7 Å². The van der Waals surface area contributed by atoms with Gasteiger partial charge in [0.25, 0.3) is 0 Å². The standard InChI is InChI=1S/C23H31NO5.ClH/c1-5-28-22(26)14-29-21-13-15(2)19(12-16(21)3)10-11-24-17(4)23(27)18-6-8-20(25)9-7-18;/h6-9,12-13,17,23-25,27H,5,10-11,14H2,1-4H3;1H/t17-,23+;/m0./s1. The summed E-state index contributed by atoms with van der Waals surface area (Å²) in [6.07, 6.45) is 0.148. The number of hydrogen-bond acceptors (Lipinski definition) is 6. The van der Waals surface area contributed by atoms with Gasteiger partial charge >= 0.3 is 5.97 Å². The average Bonchev–Trinajstić information content (AvgIpc) is 2.69. The second-order valence-corrected chi connectivity index (χ2v) is 7.17. The number of phenols is 1. The van der Waals surface area contributed by atoms with Crippen LogP contribution in [0.2, 0.25) is 0 Å². The zero-order chi connectivity index (χ0) is 21.4. The van der Waals surface area contributed by atoms with Crippen LogP contribution in [0.5, 0.6) is 11.5 Å². The highest BCUT2D eigenvalue weighted by Gasteiger charge is 2.16. The summed E-state index contributed by atoms with van der Waals surface area (Å²) in [5, 5.41) is 23.2. The maximum Gasteiger partial charge on any atom is 0.344 e. The van der Waals surface area contributed by atoms with E-state index in [0.717, 1.165) is 23.1 Å². The van der Waals surface area contributed by atoms with Gasteiger partial charge < -0.3 is 25.0 Å². The molecule has 0 aliphatic rings. The Bertz CT molecular complexity index is 810. The molecule has 3 N–H and O–H groups in total. The van der Waals surface area contributed by atoms with Crippen molar-refractivity contribution in [2.45, 2.75) is 46.3 Å². The lowest BCUT2D eigenvalue weighted by atomic mass is 10.0. The first-order chi connectivity index (χ1) is 13.8. The van der Waals surface area contributed by atoms with E-state index in [-0.39, 0.29) is 36.8 Å². The van der Waals surface area contributed by atoms with Crippen molar-refractivity contribution in [2.24, 2.45) is 0 Å². The number of esters is 1. The van der Waals surface area contributed by atoms with Crippen LogP contribution in [0.4, 0.5) is 0 Å². The number of phenolic OH excluding ortho intramolecular Hbond substituents is 1. The van der Waals surface area contributed by atoms with E-state index in [1.165, 1.54) is 5.56 Å². The van der Waals surface area contributed by atoms with Crippen LogP contribution in [-0.2, 0) is 16.0 Å². The molecule has 0 unspecified atom stereocenters. The molecule has 0 saturated carbocycles. The summed E-state index contributed by atoms with van der Waals surface area (Å²) in [7, 11) is 0. The Hall–Kier alpha value is -2.28. The number of aromatic hydroxyl groups is 1. The fourth-order valence-electron chi connectivity index (χ4n) is 3.12. The molecule has 2 rings (SSSR count). The van der Waals surface area contributed by atoms with Gasteiger partial charge in [-0.25, -0.2) is 4.79 Å². The molecule has 0 aliphatic heterocycles. The van der Waals surface area contributed by atoms with Gasteiger partial charge in [0, 0.05) is 6.04 Å². The van der Waals surface area contributed by atoms with E-state index in [9.17, 15) is 15.0 Å². The summed E-state index contributed by atoms with van der Waals surface area (Å²) < 4.78 is 10.5. The van der Waals surface area contributed by atoms with E-state index in [0.29, 0.717) is 18.9 Å². The van der Waals surface area contributed by atoms with Gasteiger partial charge in [0.2, 0.25) is 0 Å². The molecule has 0 spiro atoms. The summed E-state index contributed by atoms with van der Waals surface area (Å²) >= 11 is 0. The topological polar surface area (TPSA) is 88.0 Å². The molecular weight excluding hydrogens is 406 g/mol. The first-order valence-corrected chi connectivity index (χ1v) is 9.90. The Kier molecular flexibility index (Phi) is 10.7. The van der Waals surface area contributed by atoms with E-state index in [1.807, 2.05) is 26.8 Å². The molecule has 166 valence electrons. The number of nitrogens with one attached hydrogen (secondary N) is 1. The number of carbonyl (C=O) groups is 1. The minimum atomic E-state index is -0.655. The molecule has 0 fully saturated rings. The van der Waals surface area contributed by atoms with E-state index >= 15 is 0 Å². The van der Waals surface area contributed by atoms with Crippen LogP contribution in [0.15, 0.2) is 36.4 Å². The molecule has 2 aromatic rings. The third-order valence-corrected chi connectivity index (χ3v) is 4.85. The van der Waals surface area contributed by atoms with Gasteiger partial charge in [-0.2, -0.15) is 0 Å². The molecule has 0 aliphatic carbocycles. The Morgan fingerprint density at radius 3 is 2.43 bits per heavy atom. The number of benzene rings is 2. The van der Waals surface area contributed by atoms with E-state index in [2.05, 4.69) is 11.4 Å². The van der Waals surface area contributed by atoms with Gasteiger partial charge in [-0.1, -0.05) is 18.2 Å². The van der Waals surface area contributed by atoms with E-state index in [1.54, 1.807) is 31.2 Å². The molecule has 6 nitrogen and oxygen atoms in total. The Morgan fingerprint density at radius 2 is 1.80 bits per heavy atom. The summed E-state index contributed by atoms with van der Waals surface area (Å²) in [6, 6.07) is 10.5. The van der Waals surface area contributed by atoms with Gasteiger partial charge in [-0.3, -0.25) is 0 Å². The highest BCUT2D eigenvalue weighted by atomic mass is 35.5. The number of ether oxygens (including phenoxy) is 2. The molecule has 0 radical (unpaired) electrons. The number of aliphatic hydroxyl groups excluding tert-OH is 1. The molecule has 0 amide bonds. The lowest BCUT2D eigenvalue weighted by Gasteiger charge is -2.21. The molecule has 0 saturated heterocycles. The monoisotopic (exact) mass is 437 g/mol. The minimum absolute atomic E-state index is 0. The van der Waals surface area contributed by atoms with E-state index in [4.69, 9.17) is 9.47 Å². The lowest BCUT2D eigenvalue weighted by molar-refractivity contribution is -0.145. The summed E-state index contributed by atoms with van der Waals surface area (Å²) in [5.74, 6) is 0.490. The minimum Gasteiger partial charge on any atom is -0.508 e. The van der Waals surface area contributed by atoms with Crippen LogP contribution in [0.3, 0.4) is 0 Å². The van der Waals surface area contributed by atoms with E-state index < -0.39 is 6.10 Å². The Labute approximate surface area is 184 Å². The van der Waals surface area contributed by atoms with Crippen LogP contribution in [0.25, 0.3) is 0 Å². The molecule has 0 aromatic heterocycles. The Morgan fingerprint density at radius 1 is 1.13 bits per heavy atom. The van der Waals surface area contributed by atoms with Crippen LogP contribution >= 0.6 is 12.4 Å². The first kappa shape index (κ1) is 25.8. The van der Waals surface area contributed by atoms with Crippen molar-refractivity contribution in [3.63, 3.8) is 0 Å². The molecule has 30 heavy (non-hydrogen) atoms. The quantitative estimate of drug-likeness (QED) is 0.492. The second-order valence-electron chi connectivity index (χ2n) is 7.17. The number of rotatable bonds is 10. The highest BCUT2D eigenvalue weighted by Crippen LogP contribution is 2.24. The number of carbonyl (C=O) groups excluding carboxylic acids is 1. The number of aliphatic hydroxyl groups is 1. The maximum atomic E-state index is 11.5. The van der Waals surface area contributed by atoms with Crippen LogP contribution in [-0.4, -0.2) is 42.0 Å². The lowest BCUT2D eigenvalue weighted by Crippen LogP contribution is -2.33. The smallest absolute Gasteiger partial charge is 0.344 e. The second kappa shape index (κ2) is 12.4. The van der Waals surface area contributed by atoms with Crippen molar-refractivity contribution in [2.75, 3.05) is 19.8 Å². The zero-order valence-electron chi connectivity index (χ0n) is 18.0. The molecule has 0 heterocycles. The SMILES string of the molecule is CCOC(=O)COc1cc(C)c(CCN[C@@H](C)[C@@H](O)c2ccc(O)cc2)cc1C.Cl. The van der Waals surface area contributed by atoms with Crippen molar-refractivity contribution in [1.29, 1.82) is 0 Å². The number of aryl methyl sites for hydroxylation is 2. The normalized spacial score (nSPS) is 12.6. The summed E-state index contributed by atoms with van der Waals surface area (Å²) in [4.78, 5) is 11.5. The molecule has 2 aromatic carbocycles. The highest BCUT2D eigenvalue weighted by molar-refractivity contribution is 5.85. The average molecular weight is 438 g/mol. The van der Waals surface area contributed by atoms with Crippen LogP contribution in [0, 0.1) is 13.8 Å². The predicted octanol–water partition coefficient (Wildman–Crippen LogP) is 3.63. The van der Waals surface area contributed by atoms with Gasteiger partial charge in [0.15, 0.2) is 6.61 Å². The number of halogens is 1. The third kappa shape index (κ3) is 7.52. The third-order valence-electron chi connectivity index (χ3n) is 4.85. The molecule has 0 bridgehead atoms. The van der Waals surface area contributed by atoms with Crippen LogP contribution < -0.4 is 10.1 Å². The van der Waals surface area contributed by atoms with Crippen molar-refractivity contribution < 1.29 is 24.5 Å². The molecular formula is C23H32ClNO5. The van der Waals surface area contributed by atoms with Crippen molar-refractivity contribution in [1.82, 2.24) is 5.32 Å². The largest absolute Gasteiger partial charge is 0.508 e. The number of hydrogen-bond donors (Lipinski definition) is 3. The molecule has 2 atom stereocenters. The van der Waals surface area contributed by atoms with Crippen molar-refractivity contribution in [3.05, 3.63) is 58.7 Å². The van der Waals surface area contributed by atoms with Gasteiger partial charge in [0.1, 0.15) is 11.5 Å². The van der Waals surface area contributed by atoms with Crippen LogP contribution in [0.1, 0.15) is 42.2 Å². The summed E-state index contributed by atoms with van der Waals surface area (Å²) in [5.41, 5.74) is 4.00. The van der Waals surface area contributed by atoms with Crippen molar-refractivity contribution >= 4 is 18.4 Å². The van der Waals surface area contributed by atoms with Crippen molar-refractivity contribution in [3.8, 4) is 11.5 Å². The first-order valence-electron chi connectivity index (χ1n) is 9.90. The summed E-state index contributed by atoms with van der Waals surface area (Å²) in [6.45, 7) is 8.62. The van der Waals surface area contributed by atoms with Gasteiger partial charge in [-0.15, -0.1) is 12.4 Å². The molecule has 7 heteroatoms. The fraction of sp³-hybridized carbons (Fsp3) is 0.435. The Balaban J connectivity index is 0.00000450. The maximum absolute atomic E-state index is 11.5. The predicted molar refractivity (Wildman–Crippen MR) is 120 cm³/mol. The zero-order valence-corrected chi connectivity index (χ0v) is 18.8. The fourth-order valence-corrected chi connectivity index (χ4v) is 3.12. The van der Waals surface area contributed by atoms with Gasteiger partial charge in [-0.05, 0) is 81.1 Å².